The number of halogens is 1. The summed E-state index contributed by atoms with van der Waals surface area (Å²) in [6.07, 6.45) is 0. The van der Waals surface area contributed by atoms with E-state index in [1.165, 1.54) is 24.3 Å². The zero-order chi connectivity index (χ0) is 16.3. The van der Waals surface area contributed by atoms with Crippen molar-refractivity contribution < 1.29 is 13.2 Å². The first-order valence-electron chi connectivity index (χ1n) is 6.47. The fourth-order valence-electron chi connectivity index (χ4n) is 1.98. The number of rotatable bonds is 4. The Kier molecular flexibility index (Phi) is 4.85. The molecule has 0 unspecified atom stereocenters. The van der Waals surface area contributed by atoms with E-state index in [1.54, 1.807) is 6.07 Å². The third-order valence-corrected chi connectivity index (χ3v) is 4.44. The summed E-state index contributed by atoms with van der Waals surface area (Å²) in [7, 11) is -3.77. The van der Waals surface area contributed by atoms with Gasteiger partial charge in [-0.1, -0.05) is 29.8 Å². The molecule has 2 aromatic carbocycles. The molecule has 0 saturated heterocycles. The lowest BCUT2D eigenvalue weighted by atomic mass is 10.1. The summed E-state index contributed by atoms with van der Waals surface area (Å²) in [5.74, 6) is -0.326. The molecule has 2 rings (SSSR count). The average Bonchev–Trinajstić information content (AvgIpc) is 2.46. The molecule has 0 fully saturated rings. The number of nitrogens with one attached hydrogen (secondary N) is 1. The van der Waals surface area contributed by atoms with Gasteiger partial charge in [-0.2, -0.15) is 0 Å². The fourth-order valence-corrected chi connectivity index (χ4v) is 2.79. The standard InChI is InChI=1S/C15H15ClN2O3S/c1-10(13-4-2-3-5-14(13)16)18-15(19)11-6-8-12(9-7-11)22(17,20)21/h2-10H,1H3,(H,18,19)(H2,17,20,21)/t10-/m0/s1. The predicted octanol–water partition coefficient (Wildman–Crippen LogP) is 2.48. The van der Waals surface area contributed by atoms with Crippen LogP contribution < -0.4 is 10.5 Å². The topological polar surface area (TPSA) is 89.3 Å². The minimum atomic E-state index is -3.77. The van der Waals surface area contributed by atoms with Gasteiger partial charge in [0, 0.05) is 10.6 Å². The molecule has 0 saturated carbocycles. The van der Waals surface area contributed by atoms with Crippen LogP contribution in [0.3, 0.4) is 0 Å². The van der Waals surface area contributed by atoms with Crippen LogP contribution in [0.4, 0.5) is 0 Å². The lowest BCUT2D eigenvalue weighted by molar-refractivity contribution is 0.0940. The number of amides is 1. The average molecular weight is 339 g/mol. The molecule has 7 heteroatoms. The number of sulfonamides is 1. The monoisotopic (exact) mass is 338 g/mol. The van der Waals surface area contributed by atoms with E-state index in [9.17, 15) is 13.2 Å². The van der Waals surface area contributed by atoms with Crippen LogP contribution in [0.2, 0.25) is 5.02 Å². The van der Waals surface area contributed by atoms with Crippen LogP contribution in [0.25, 0.3) is 0 Å². The zero-order valence-corrected chi connectivity index (χ0v) is 13.4. The highest BCUT2D eigenvalue weighted by molar-refractivity contribution is 7.89. The molecule has 1 atom stereocenters. The Morgan fingerprint density at radius 3 is 2.27 bits per heavy atom. The van der Waals surface area contributed by atoms with Gasteiger partial charge in [-0.15, -0.1) is 0 Å². The smallest absolute Gasteiger partial charge is 0.251 e. The van der Waals surface area contributed by atoms with Crippen LogP contribution >= 0.6 is 11.6 Å². The molecule has 0 spiro atoms. The van der Waals surface area contributed by atoms with Gasteiger partial charge in [0.05, 0.1) is 10.9 Å². The van der Waals surface area contributed by atoms with Crippen LogP contribution in [0.5, 0.6) is 0 Å². The lowest BCUT2D eigenvalue weighted by Crippen LogP contribution is -2.26. The number of hydrogen-bond donors (Lipinski definition) is 2. The molecule has 0 radical (unpaired) electrons. The molecule has 0 aliphatic carbocycles. The second-order valence-electron chi connectivity index (χ2n) is 4.79. The molecular formula is C15H15ClN2O3S. The maximum atomic E-state index is 12.2. The van der Waals surface area contributed by atoms with Gasteiger partial charge >= 0.3 is 0 Å². The van der Waals surface area contributed by atoms with E-state index in [0.29, 0.717) is 10.6 Å². The normalized spacial score (nSPS) is 12.7. The predicted molar refractivity (Wildman–Crippen MR) is 85.1 cm³/mol. The fraction of sp³-hybridized carbons (Fsp3) is 0.133. The minimum absolute atomic E-state index is 0.0387. The summed E-state index contributed by atoms with van der Waals surface area (Å²) < 4.78 is 22.4. The molecule has 0 aliphatic rings. The van der Waals surface area contributed by atoms with E-state index >= 15 is 0 Å². The van der Waals surface area contributed by atoms with Crippen molar-refractivity contribution in [2.45, 2.75) is 17.9 Å². The number of nitrogens with two attached hydrogens (primary N) is 1. The van der Waals surface area contributed by atoms with Gasteiger partial charge in [0.1, 0.15) is 0 Å². The molecular weight excluding hydrogens is 324 g/mol. The van der Waals surface area contributed by atoms with Gasteiger partial charge in [-0.3, -0.25) is 4.79 Å². The van der Waals surface area contributed by atoms with E-state index < -0.39 is 10.0 Å². The van der Waals surface area contributed by atoms with E-state index in [4.69, 9.17) is 16.7 Å². The molecule has 0 aromatic heterocycles. The molecule has 22 heavy (non-hydrogen) atoms. The van der Waals surface area contributed by atoms with Crippen molar-refractivity contribution in [1.82, 2.24) is 5.32 Å². The highest BCUT2D eigenvalue weighted by Crippen LogP contribution is 2.22. The molecule has 0 bridgehead atoms. The van der Waals surface area contributed by atoms with Crippen LogP contribution in [-0.4, -0.2) is 14.3 Å². The van der Waals surface area contributed by atoms with Crippen molar-refractivity contribution in [3.05, 3.63) is 64.7 Å². The Morgan fingerprint density at radius 1 is 1.14 bits per heavy atom. The van der Waals surface area contributed by atoms with Gasteiger partial charge in [0.2, 0.25) is 10.0 Å². The van der Waals surface area contributed by atoms with Gasteiger partial charge in [0.25, 0.3) is 5.91 Å². The van der Waals surface area contributed by atoms with Crippen molar-refractivity contribution >= 4 is 27.5 Å². The SMILES string of the molecule is C[C@H](NC(=O)c1ccc(S(N)(=O)=O)cc1)c1ccccc1Cl. The first-order chi connectivity index (χ1) is 10.3. The highest BCUT2D eigenvalue weighted by Gasteiger charge is 2.14. The van der Waals surface area contributed by atoms with E-state index in [-0.39, 0.29) is 16.8 Å². The molecule has 1 amide bonds. The van der Waals surface area contributed by atoms with Crippen molar-refractivity contribution in [2.24, 2.45) is 5.14 Å². The summed E-state index contributed by atoms with van der Waals surface area (Å²) in [5, 5.41) is 8.39. The number of primary sulfonamides is 1. The van der Waals surface area contributed by atoms with Crippen LogP contribution in [0.15, 0.2) is 53.4 Å². The third kappa shape index (κ3) is 3.85. The number of hydrogen-bond acceptors (Lipinski definition) is 3. The summed E-state index contributed by atoms with van der Waals surface area (Å²) >= 11 is 6.09. The molecule has 0 aliphatic heterocycles. The first kappa shape index (κ1) is 16.5. The Labute approximate surface area is 134 Å². The van der Waals surface area contributed by atoms with Gasteiger partial charge < -0.3 is 5.32 Å². The van der Waals surface area contributed by atoms with Crippen LogP contribution in [0.1, 0.15) is 28.9 Å². The maximum absolute atomic E-state index is 12.2. The Balaban J connectivity index is 2.14. The lowest BCUT2D eigenvalue weighted by Gasteiger charge is -2.15. The van der Waals surface area contributed by atoms with Crippen LogP contribution in [-0.2, 0) is 10.0 Å². The largest absolute Gasteiger partial charge is 0.345 e. The number of carbonyl (C=O) groups is 1. The molecule has 5 nitrogen and oxygen atoms in total. The van der Waals surface area contributed by atoms with Crippen molar-refractivity contribution in [2.75, 3.05) is 0 Å². The van der Waals surface area contributed by atoms with E-state index in [0.717, 1.165) is 5.56 Å². The summed E-state index contributed by atoms with van der Waals surface area (Å²) in [5.41, 5.74) is 1.14. The summed E-state index contributed by atoms with van der Waals surface area (Å²) in [6.45, 7) is 1.82. The zero-order valence-electron chi connectivity index (χ0n) is 11.8. The second-order valence-corrected chi connectivity index (χ2v) is 6.75. The van der Waals surface area contributed by atoms with E-state index in [1.807, 2.05) is 25.1 Å². The van der Waals surface area contributed by atoms with Crippen LogP contribution in [0, 0.1) is 0 Å². The Bertz CT molecular complexity index is 789. The quantitative estimate of drug-likeness (QED) is 0.897. The Hall–Kier alpha value is -1.89. The molecule has 116 valence electrons. The maximum Gasteiger partial charge on any atom is 0.251 e. The van der Waals surface area contributed by atoms with Crippen molar-refractivity contribution in [3.63, 3.8) is 0 Å². The summed E-state index contributed by atoms with van der Waals surface area (Å²) in [4.78, 5) is 12.1. The molecule has 2 aromatic rings. The molecule has 0 heterocycles. The number of benzene rings is 2. The highest BCUT2D eigenvalue weighted by atomic mass is 35.5. The van der Waals surface area contributed by atoms with Gasteiger partial charge in [-0.05, 0) is 42.8 Å². The second kappa shape index (κ2) is 6.48. The van der Waals surface area contributed by atoms with Crippen molar-refractivity contribution in [3.8, 4) is 0 Å². The Morgan fingerprint density at radius 2 is 1.73 bits per heavy atom. The third-order valence-electron chi connectivity index (χ3n) is 3.16. The molecule has 3 N–H and O–H groups in total. The minimum Gasteiger partial charge on any atom is -0.345 e. The number of carbonyl (C=O) groups excluding carboxylic acids is 1. The van der Waals surface area contributed by atoms with Crippen molar-refractivity contribution in [1.29, 1.82) is 0 Å². The first-order valence-corrected chi connectivity index (χ1v) is 8.39. The van der Waals surface area contributed by atoms with E-state index in [2.05, 4.69) is 5.32 Å². The van der Waals surface area contributed by atoms with Gasteiger partial charge in [0.15, 0.2) is 0 Å². The van der Waals surface area contributed by atoms with Gasteiger partial charge in [-0.25, -0.2) is 13.6 Å². The summed E-state index contributed by atoms with van der Waals surface area (Å²) in [6, 6.07) is 12.4.